The number of rotatable bonds is 4. The third-order valence-corrected chi connectivity index (χ3v) is 5.26. The van der Waals surface area contributed by atoms with E-state index < -0.39 is 17.2 Å². The van der Waals surface area contributed by atoms with Gasteiger partial charge in [-0.05, 0) is 25.8 Å². The van der Waals surface area contributed by atoms with Crippen molar-refractivity contribution in [2.75, 3.05) is 31.6 Å². The molecular formula is C19H28FN3O7. The van der Waals surface area contributed by atoms with E-state index in [4.69, 9.17) is 4.74 Å². The highest BCUT2D eigenvalue weighted by Gasteiger charge is 2.32. The first kappa shape index (κ1) is 25.3. The Morgan fingerprint density at radius 2 is 1.97 bits per heavy atom. The van der Waals surface area contributed by atoms with Gasteiger partial charge in [-0.15, -0.1) is 0 Å². The summed E-state index contributed by atoms with van der Waals surface area (Å²) >= 11 is 0. The van der Waals surface area contributed by atoms with Crippen molar-refractivity contribution in [1.29, 1.82) is 0 Å². The number of hydrogen-bond acceptors (Lipinski definition) is 5. The number of carboxylic acid groups (broad SMARTS) is 1. The second kappa shape index (κ2) is 9.39. The zero-order valence-electron chi connectivity index (χ0n) is 16.8. The minimum absolute atomic E-state index is 0. The average molecular weight is 429 g/mol. The van der Waals surface area contributed by atoms with Gasteiger partial charge in [-0.1, -0.05) is 0 Å². The summed E-state index contributed by atoms with van der Waals surface area (Å²) in [6.45, 7) is 3.97. The highest BCUT2D eigenvalue weighted by molar-refractivity contribution is 5.97. The van der Waals surface area contributed by atoms with Gasteiger partial charge in [0.15, 0.2) is 11.6 Å². The van der Waals surface area contributed by atoms with E-state index in [2.05, 4.69) is 5.32 Å². The van der Waals surface area contributed by atoms with E-state index in [-0.39, 0.29) is 39.5 Å². The summed E-state index contributed by atoms with van der Waals surface area (Å²) in [4.78, 5) is 26.1. The molecule has 1 saturated carbocycles. The number of fused-ring (bicyclic) bond motifs is 1. The molecule has 11 heteroatoms. The number of carboxylic acids is 1. The normalized spacial score (nSPS) is 18.1. The van der Waals surface area contributed by atoms with Crippen LogP contribution in [0.5, 0.6) is 5.75 Å². The van der Waals surface area contributed by atoms with Crippen LogP contribution in [0.4, 0.5) is 10.1 Å². The Labute approximate surface area is 171 Å². The molecule has 1 aliphatic heterocycles. The number of aromatic nitrogens is 1. The van der Waals surface area contributed by atoms with Gasteiger partial charge in [0.05, 0.1) is 18.0 Å². The van der Waals surface area contributed by atoms with Crippen LogP contribution in [-0.2, 0) is 0 Å². The lowest BCUT2D eigenvalue weighted by Gasteiger charge is -2.35. The van der Waals surface area contributed by atoms with Crippen molar-refractivity contribution < 1.29 is 35.5 Å². The van der Waals surface area contributed by atoms with Crippen LogP contribution in [0.3, 0.4) is 0 Å². The molecule has 0 unspecified atom stereocenters. The minimum atomic E-state index is -1.31. The molecule has 2 heterocycles. The third kappa shape index (κ3) is 4.10. The van der Waals surface area contributed by atoms with E-state index in [1.165, 1.54) is 13.3 Å². The largest absolute Gasteiger partial charge is 0.492 e. The molecular weight excluding hydrogens is 401 g/mol. The predicted octanol–water partition coefficient (Wildman–Crippen LogP) is -0.494. The van der Waals surface area contributed by atoms with E-state index in [0.29, 0.717) is 30.0 Å². The van der Waals surface area contributed by atoms with Crippen molar-refractivity contribution in [2.24, 2.45) is 0 Å². The number of ether oxygens (including phenoxy) is 1. The molecule has 10 nitrogen and oxygen atoms in total. The maximum atomic E-state index is 15.1. The molecule has 2 fully saturated rings. The molecule has 0 amide bonds. The van der Waals surface area contributed by atoms with Crippen molar-refractivity contribution >= 4 is 22.6 Å². The summed E-state index contributed by atoms with van der Waals surface area (Å²) in [5.41, 5.74) is -0.237. The first-order chi connectivity index (χ1) is 12.9. The maximum absolute atomic E-state index is 15.1. The summed E-state index contributed by atoms with van der Waals surface area (Å²) in [6.07, 6.45) is 3.14. The van der Waals surface area contributed by atoms with Crippen LogP contribution in [0.25, 0.3) is 10.9 Å². The van der Waals surface area contributed by atoms with Crippen LogP contribution in [0.1, 0.15) is 36.2 Å². The number of nitrogens with zero attached hydrogens (tertiary/aromatic N) is 2. The van der Waals surface area contributed by atoms with E-state index in [1.54, 1.807) is 4.57 Å². The molecule has 8 N–H and O–H groups in total. The molecule has 168 valence electrons. The SMILES string of the molecule is COc1c(N2CCN[C@@H](C)C2)c(F)cc2c(=O)c(C(=O)O)cn(C3CC3)c12.O.O.O. The number of aromatic carboxylic acids is 1. The van der Waals surface area contributed by atoms with E-state index in [9.17, 15) is 14.7 Å². The van der Waals surface area contributed by atoms with Crippen molar-refractivity contribution in [3.05, 3.63) is 33.9 Å². The quantitative estimate of drug-likeness (QED) is 0.661. The molecule has 1 aromatic heterocycles. The Kier molecular flexibility index (Phi) is 7.92. The maximum Gasteiger partial charge on any atom is 0.341 e. The Bertz CT molecular complexity index is 990. The lowest BCUT2D eigenvalue weighted by Crippen LogP contribution is -2.49. The molecule has 4 rings (SSSR count). The van der Waals surface area contributed by atoms with Crippen LogP contribution in [0, 0.1) is 5.82 Å². The second-order valence-electron chi connectivity index (χ2n) is 7.25. The molecule has 2 aromatic rings. The van der Waals surface area contributed by atoms with E-state index >= 15 is 4.39 Å². The summed E-state index contributed by atoms with van der Waals surface area (Å²) in [6, 6.07) is 1.45. The van der Waals surface area contributed by atoms with Crippen LogP contribution < -0.4 is 20.4 Å². The Morgan fingerprint density at radius 1 is 1.30 bits per heavy atom. The number of benzene rings is 1. The number of piperazine rings is 1. The Balaban J connectivity index is 0.00000150. The fourth-order valence-corrected chi connectivity index (χ4v) is 3.86. The number of methoxy groups -OCH3 is 1. The Morgan fingerprint density at radius 3 is 2.50 bits per heavy atom. The summed E-state index contributed by atoms with van der Waals surface area (Å²) in [7, 11) is 1.45. The first-order valence-electron chi connectivity index (χ1n) is 9.09. The zero-order chi connectivity index (χ0) is 19.3. The summed E-state index contributed by atoms with van der Waals surface area (Å²) in [5, 5.41) is 12.7. The summed E-state index contributed by atoms with van der Waals surface area (Å²) in [5.74, 6) is -1.59. The molecule has 0 spiro atoms. The molecule has 0 bridgehead atoms. The smallest absolute Gasteiger partial charge is 0.341 e. The number of carbonyl (C=O) groups is 1. The molecule has 2 aliphatic rings. The number of pyridine rings is 1. The van der Waals surface area contributed by atoms with Gasteiger partial charge in [0, 0.05) is 37.9 Å². The van der Waals surface area contributed by atoms with Crippen LogP contribution >= 0.6 is 0 Å². The highest BCUT2D eigenvalue weighted by atomic mass is 19.1. The molecule has 30 heavy (non-hydrogen) atoms. The fourth-order valence-electron chi connectivity index (χ4n) is 3.86. The summed E-state index contributed by atoms with van der Waals surface area (Å²) < 4.78 is 22.5. The number of halogens is 1. The standard InChI is InChI=1S/C19H22FN3O4.3H2O/c1-10-8-22(6-5-21-10)16-14(20)7-12-15(18(16)27-2)23(11-3-4-11)9-13(17(12)24)19(25)26;;;/h7,9-11,21H,3-6,8H2,1-2H3,(H,25,26);3*1H2/t10-;;;/m0.../s1. The van der Waals surface area contributed by atoms with Crippen LogP contribution in [0.2, 0.25) is 0 Å². The Hall–Kier alpha value is -2.73. The van der Waals surface area contributed by atoms with E-state index in [0.717, 1.165) is 25.5 Å². The first-order valence-corrected chi connectivity index (χ1v) is 9.09. The van der Waals surface area contributed by atoms with Crippen molar-refractivity contribution in [1.82, 2.24) is 9.88 Å². The molecule has 0 radical (unpaired) electrons. The molecule has 1 atom stereocenters. The lowest BCUT2D eigenvalue weighted by atomic mass is 10.1. The third-order valence-electron chi connectivity index (χ3n) is 5.26. The van der Waals surface area contributed by atoms with Gasteiger partial charge in [0.2, 0.25) is 5.43 Å². The number of anilines is 1. The van der Waals surface area contributed by atoms with Crippen LogP contribution in [-0.4, -0.2) is 64.9 Å². The molecule has 1 aliphatic carbocycles. The van der Waals surface area contributed by atoms with Gasteiger partial charge < -0.3 is 41.1 Å². The minimum Gasteiger partial charge on any atom is -0.492 e. The van der Waals surface area contributed by atoms with E-state index in [1.807, 2.05) is 11.8 Å². The molecule has 1 saturated heterocycles. The number of nitrogens with one attached hydrogen (secondary N) is 1. The fraction of sp³-hybridized carbons (Fsp3) is 0.474. The van der Waals surface area contributed by atoms with Crippen molar-refractivity contribution in [3.8, 4) is 5.75 Å². The predicted molar refractivity (Wildman–Crippen MR) is 110 cm³/mol. The topological polar surface area (TPSA) is 178 Å². The second-order valence-corrected chi connectivity index (χ2v) is 7.25. The molecule has 1 aromatic carbocycles. The highest BCUT2D eigenvalue weighted by Crippen LogP contribution is 2.43. The van der Waals surface area contributed by atoms with Gasteiger partial charge in [-0.3, -0.25) is 4.79 Å². The number of hydrogen-bond donors (Lipinski definition) is 2. The lowest BCUT2D eigenvalue weighted by molar-refractivity contribution is 0.0694. The van der Waals surface area contributed by atoms with Gasteiger partial charge >= 0.3 is 5.97 Å². The van der Waals surface area contributed by atoms with Gasteiger partial charge in [-0.25, -0.2) is 9.18 Å². The van der Waals surface area contributed by atoms with Gasteiger partial charge in [0.25, 0.3) is 0 Å². The van der Waals surface area contributed by atoms with Gasteiger partial charge in [-0.2, -0.15) is 0 Å². The van der Waals surface area contributed by atoms with Crippen molar-refractivity contribution in [2.45, 2.75) is 31.8 Å². The van der Waals surface area contributed by atoms with Crippen LogP contribution in [0.15, 0.2) is 17.1 Å². The van der Waals surface area contributed by atoms with Gasteiger partial charge in [0.1, 0.15) is 11.3 Å². The monoisotopic (exact) mass is 429 g/mol. The average Bonchev–Trinajstić information content (AvgIpc) is 3.46. The van der Waals surface area contributed by atoms with Crippen molar-refractivity contribution in [3.63, 3.8) is 0 Å². The zero-order valence-corrected chi connectivity index (χ0v) is 16.8.